The fourth-order valence-corrected chi connectivity index (χ4v) is 7.20. The number of pyridine rings is 1. The first-order chi connectivity index (χ1) is 20.2. The van der Waals surface area contributed by atoms with Crippen molar-refractivity contribution < 1.29 is 22.7 Å². The van der Waals surface area contributed by atoms with Crippen LogP contribution in [0.3, 0.4) is 0 Å². The van der Waals surface area contributed by atoms with Crippen LogP contribution in [0.1, 0.15) is 20.9 Å². The van der Waals surface area contributed by atoms with Crippen LogP contribution in [-0.4, -0.2) is 28.5 Å². The van der Waals surface area contributed by atoms with Crippen molar-refractivity contribution in [2.24, 2.45) is 0 Å². The van der Waals surface area contributed by atoms with Crippen molar-refractivity contribution in [1.82, 2.24) is 8.96 Å². The molecule has 7 nitrogen and oxygen atoms in total. The highest BCUT2D eigenvalue weighted by molar-refractivity contribution is 7.90. The van der Waals surface area contributed by atoms with Gasteiger partial charge in [-0.05, 0) is 66.4 Å². The van der Waals surface area contributed by atoms with Crippen molar-refractivity contribution in [3.8, 4) is 39.6 Å². The lowest BCUT2D eigenvalue weighted by Crippen LogP contribution is -2.14. The summed E-state index contributed by atoms with van der Waals surface area (Å²) < 4.78 is 44.7. The molecule has 0 aliphatic heterocycles. The molecule has 0 unspecified atom stereocenters. The Kier molecular flexibility index (Phi) is 6.69. The van der Waals surface area contributed by atoms with Crippen LogP contribution in [0.15, 0.2) is 101 Å². The minimum atomic E-state index is -4.22. The molecule has 0 radical (unpaired) electrons. The Hall–Kier alpha value is -5.11. The molecule has 0 aliphatic carbocycles. The monoisotopic (exact) mass is 593 g/mol. The Morgan fingerprint density at radius 3 is 2.43 bits per heavy atom. The minimum Gasteiger partial charge on any atom is -0.477 e. The number of aryl methyl sites for hydroxylation is 1. The number of carboxylic acids is 1. The smallest absolute Gasteiger partial charge is 0.354 e. The Balaban J connectivity index is 1.71. The summed E-state index contributed by atoms with van der Waals surface area (Å²) in [4.78, 5) is 15.7. The molecule has 0 amide bonds. The summed E-state index contributed by atoms with van der Waals surface area (Å²) in [6.07, 6.45) is 1.43. The topological polar surface area (TPSA) is 113 Å². The second kappa shape index (κ2) is 10.4. The lowest BCUT2D eigenvalue weighted by molar-refractivity contribution is 0.0690. The van der Waals surface area contributed by atoms with E-state index in [1.165, 1.54) is 57.9 Å². The third-order valence-corrected chi connectivity index (χ3v) is 9.48. The Labute approximate surface area is 244 Å². The van der Waals surface area contributed by atoms with E-state index in [0.29, 0.717) is 38.1 Å². The van der Waals surface area contributed by atoms with E-state index in [1.54, 1.807) is 53.9 Å². The number of halogens is 1. The van der Waals surface area contributed by atoms with Gasteiger partial charge in [0.25, 0.3) is 10.0 Å². The van der Waals surface area contributed by atoms with Gasteiger partial charge in [-0.15, -0.1) is 11.3 Å². The summed E-state index contributed by atoms with van der Waals surface area (Å²) >= 11 is 1.21. The summed E-state index contributed by atoms with van der Waals surface area (Å²) in [6.45, 7) is 1.86. The second-order valence-corrected chi connectivity index (χ2v) is 12.3. The summed E-state index contributed by atoms with van der Waals surface area (Å²) in [5.41, 5.74) is 3.98. The lowest BCUT2D eigenvalue weighted by Gasteiger charge is -2.15. The first-order valence-corrected chi connectivity index (χ1v) is 15.0. The van der Waals surface area contributed by atoms with Gasteiger partial charge in [0.2, 0.25) is 0 Å². The molecule has 0 fully saturated rings. The van der Waals surface area contributed by atoms with Gasteiger partial charge < -0.3 is 5.11 Å². The number of aromatic nitrogens is 2. The fraction of sp³-hybridized carbons (Fsp3) is 0.0312. The largest absolute Gasteiger partial charge is 0.477 e. The highest BCUT2D eigenvalue weighted by atomic mass is 32.2. The quantitative estimate of drug-likeness (QED) is 0.216. The van der Waals surface area contributed by atoms with Gasteiger partial charge in [-0.2, -0.15) is 5.26 Å². The van der Waals surface area contributed by atoms with Crippen LogP contribution >= 0.6 is 11.3 Å². The number of carboxylic acid groups (broad SMARTS) is 1. The van der Waals surface area contributed by atoms with Gasteiger partial charge in [0.05, 0.1) is 16.1 Å². The highest BCUT2D eigenvalue weighted by Crippen LogP contribution is 2.45. The second-order valence-electron chi connectivity index (χ2n) is 9.56. The third-order valence-electron chi connectivity index (χ3n) is 6.93. The molecule has 3 aromatic heterocycles. The van der Waals surface area contributed by atoms with Crippen LogP contribution in [0.25, 0.3) is 44.4 Å². The molecule has 3 heterocycles. The fourth-order valence-electron chi connectivity index (χ4n) is 4.96. The molecular weight excluding hydrogens is 574 g/mol. The molecule has 0 atom stereocenters. The summed E-state index contributed by atoms with van der Waals surface area (Å²) in [5, 5.41) is 21.2. The predicted octanol–water partition coefficient (Wildman–Crippen LogP) is 7.35. The van der Waals surface area contributed by atoms with E-state index in [-0.39, 0.29) is 21.8 Å². The number of hydrogen-bond donors (Lipinski definition) is 1. The molecule has 1 N–H and O–H groups in total. The standard InChI is InChI=1S/C32H20FN3O4S2/c1-19-5-9-24(10-6-19)42(39,40)36-28-12-8-23(33)16-26(28)30(25-13-14-41-29(25)17-34)31(36)21-4-2-3-20(15-21)22-7-11-27(32(37)38)35-18-22/h2-16,18H,1H3,(H,37,38). The van der Waals surface area contributed by atoms with Gasteiger partial charge in [0.1, 0.15) is 22.5 Å². The summed E-state index contributed by atoms with van der Waals surface area (Å²) in [5.74, 6) is -1.70. The van der Waals surface area contributed by atoms with E-state index in [4.69, 9.17) is 0 Å². The SMILES string of the molecule is Cc1ccc(S(=O)(=O)n2c(-c3cccc(-c4ccc(C(=O)O)nc4)c3)c(-c3ccsc3C#N)c3cc(F)ccc32)cc1. The van der Waals surface area contributed by atoms with Crippen LogP contribution in [0.5, 0.6) is 0 Å². The van der Waals surface area contributed by atoms with Crippen molar-refractivity contribution in [2.45, 2.75) is 11.8 Å². The van der Waals surface area contributed by atoms with Crippen molar-refractivity contribution in [3.63, 3.8) is 0 Å². The minimum absolute atomic E-state index is 0.0533. The molecule has 42 heavy (non-hydrogen) atoms. The molecule has 206 valence electrons. The average molecular weight is 594 g/mol. The molecule has 0 bridgehead atoms. The molecule has 0 aliphatic rings. The number of rotatable bonds is 6. The van der Waals surface area contributed by atoms with Crippen LogP contribution in [0.2, 0.25) is 0 Å². The maximum absolute atomic E-state index is 14.8. The molecule has 0 spiro atoms. The molecule has 10 heteroatoms. The summed E-state index contributed by atoms with van der Waals surface area (Å²) in [7, 11) is -4.22. The zero-order valence-electron chi connectivity index (χ0n) is 21.9. The Bertz CT molecular complexity index is 2160. The number of benzene rings is 3. The molecule has 0 saturated carbocycles. The van der Waals surface area contributed by atoms with Crippen LogP contribution in [0.4, 0.5) is 4.39 Å². The molecular formula is C32H20FN3O4S2. The molecule has 3 aromatic carbocycles. The van der Waals surface area contributed by atoms with Crippen LogP contribution in [0, 0.1) is 24.1 Å². The van der Waals surface area contributed by atoms with Gasteiger partial charge in [-0.1, -0.05) is 42.0 Å². The number of hydrogen-bond acceptors (Lipinski definition) is 6. The lowest BCUT2D eigenvalue weighted by atomic mass is 9.96. The first kappa shape index (κ1) is 27.1. The third kappa shape index (κ3) is 4.55. The van der Waals surface area contributed by atoms with E-state index in [0.717, 1.165) is 5.56 Å². The first-order valence-electron chi connectivity index (χ1n) is 12.6. The van der Waals surface area contributed by atoms with Crippen LogP contribution in [-0.2, 0) is 10.0 Å². The highest BCUT2D eigenvalue weighted by Gasteiger charge is 2.30. The maximum Gasteiger partial charge on any atom is 0.354 e. The van der Waals surface area contributed by atoms with Gasteiger partial charge in [0, 0.05) is 33.8 Å². The van der Waals surface area contributed by atoms with Crippen molar-refractivity contribution in [3.05, 3.63) is 118 Å². The van der Waals surface area contributed by atoms with E-state index in [2.05, 4.69) is 11.1 Å². The van der Waals surface area contributed by atoms with E-state index < -0.39 is 21.8 Å². The Morgan fingerprint density at radius 1 is 0.976 bits per heavy atom. The van der Waals surface area contributed by atoms with E-state index >= 15 is 0 Å². The Morgan fingerprint density at radius 2 is 1.74 bits per heavy atom. The predicted molar refractivity (Wildman–Crippen MR) is 159 cm³/mol. The van der Waals surface area contributed by atoms with Crippen molar-refractivity contribution in [2.75, 3.05) is 0 Å². The number of carbonyl (C=O) groups is 1. The van der Waals surface area contributed by atoms with Gasteiger partial charge in [-0.25, -0.2) is 26.6 Å². The van der Waals surface area contributed by atoms with E-state index in [9.17, 15) is 28.0 Å². The van der Waals surface area contributed by atoms with Crippen LogP contribution < -0.4 is 0 Å². The normalized spacial score (nSPS) is 11.5. The number of nitriles is 1. The van der Waals surface area contributed by atoms with Gasteiger partial charge in [0.15, 0.2) is 0 Å². The molecule has 6 rings (SSSR count). The number of fused-ring (bicyclic) bond motifs is 1. The average Bonchev–Trinajstić information content (AvgIpc) is 3.59. The summed E-state index contributed by atoms with van der Waals surface area (Å²) in [6, 6.07) is 24.4. The molecule has 0 saturated heterocycles. The number of aromatic carboxylic acids is 1. The maximum atomic E-state index is 14.8. The van der Waals surface area contributed by atoms with E-state index in [1.807, 2.05) is 6.92 Å². The number of nitrogens with zero attached hydrogens (tertiary/aromatic N) is 3. The van der Waals surface area contributed by atoms with Crippen molar-refractivity contribution in [1.29, 1.82) is 5.26 Å². The zero-order chi connectivity index (χ0) is 29.6. The van der Waals surface area contributed by atoms with Gasteiger partial charge in [-0.3, -0.25) is 0 Å². The molecule has 6 aromatic rings. The number of thiophene rings is 1. The van der Waals surface area contributed by atoms with Crippen molar-refractivity contribution >= 4 is 38.2 Å². The zero-order valence-corrected chi connectivity index (χ0v) is 23.6. The van der Waals surface area contributed by atoms with Gasteiger partial charge >= 0.3 is 5.97 Å².